The van der Waals surface area contributed by atoms with Gasteiger partial charge in [0.2, 0.25) is 0 Å². The van der Waals surface area contributed by atoms with E-state index in [0.717, 1.165) is 5.56 Å². The van der Waals surface area contributed by atoms with Crippen LogP contribution in [0.25, 0.3) is 0 Å². The number of hydrogen-bond donors (Lipinski definition) is 1. The molecule has 0 spiro atoms. The van der Waals surface area contributed by atoms with Crippen molar-refractivity contribution in [3.8, 4) is 0 Å². The van der Waals surface area contributed by atoms with E-state index in [4.69, 9.17) is 5.73 Å². The maximum absolute atomic E-state index is 12.3. The molecule has 0 bridgehead atoms. The molecule has 19 heavy (non-hydrogen) atoms. The lowest BCUT2D eigenvalue weighted by Gasteiger charge is -2.08. The number of nitrogen functional groups attached to an aromatic ring is 1. The lowest BCUT2D eigenvalue weighted by molar-refractivity contribution is 0.584. The van der Waals surface area contributed by atoms with Crippen molar-refractivity contribution in [2.24, 2.45) is 0 Å². The van der Waals surface area contributed by atoms with Crippen LogP contribution in [0.1, 0.15) is 5.56 Å². The number of benzene rings is 1. The Bertz CT molecular complexity index is 782. The molecule has 0 aliphatic rings. The molecule has 0 saturated carbocycles. The Kier molecular flexibility index (Phi) is 3.63. The maximum Gasteiger partial charge on any atom is 0.363 e. The third-order valence-electron chi connectivity index (χ3n) is 2.46. The molecule has 2 aromatic rings. The minimum absolute atomic E-state index is 0.0148. The first-order chi connectivity index (χ1) is 8.82. The first-order valence-corrected chi connectivity index (χ1v) is 7.71. The predicted octanol–water partition coefficient (Wildman–Crippen LogP) is 0.976. The van der Waals surface area contributed by atoms with Crippen molar-refractivity contribution in [1.82, 2.24) is 8.96 Å². The molecule has 1 aromatic heterocycles. The van der Waals surface area contributed by atoms with E-state index in [-0.39, 0.29) is 10.7 Å². The SMILES string of the molecule is Cc1ccc(S(=O)(=O)n2cc(I)c(N)nc2=O)cc1. The number of anilines is 1. The van der Waals surface area contributed by atoms with Crippen LogP contribution in [0.4, 0.5) is 5.82 Å². The third kappa shape index (κ3) is 2.63. The molecule has 2 N–H and O–H groups in total. The highest BCUT2D eigenvalue weighted by Crippen LogP contribution is 2.15. The standard InChI is InChI=1S/C11H10IN3O3S/c1-7-2-4-8(5-3-7)19(17,18)15-6-9(12)10(13)14-11(15)16/h2-6H,1H3,(H2,13,14,16). The van der Waals surface area contributed by atoms with Crippen LogP contribution in [0.15, 0.2) is 40.2 Å². The summed E-state index contributed by atoms with van der Waals surface area (Å²) in [6, 6.07) is 6.21. The molecule has 1 aromatic carbocycles. The average molecular weight is 391 g/mol. The molecule has 0 amide bonds. The van der Waals surface area contributed by atoms with E-state index in [2.05, 4.69) is 4.98 Å². The highest BCUT2D eigenvalue weighted by Gasteiger charge is 2.19. The van der Waals surface area contributed by atoms with Gasteiger partial charge in [-0.25, -0.2) is 13.2 Å². The van der Waals surface area contributed by atoms with E-state index in [0.29, 0.717) is 7.54 Å². The average Bonchev–Trinajstić information content (AvgIpc) is 2.34. The molecule has 2 rings (SSSR count). The fourth-order valence-corrected chi connectivity index (χ4v) is 3.21. The second kappa shape index (κ2) is 4.93. The molecule has 0 aliphatic heterocycles. The van der Waals surface area contributed by atoms with Crippen LogP contribution < -0.4 is 11.4 Å². The van der Waals surface area contributed by atoms with Gasteiger partial charge in [0.25, 0.3) is 10.0 Å². The van der Waals surface area contributed by atoms with Crippen LogP contribution in [0.5, 0.6) is 0 Å². The normalized spacial score (nSPS) is 11.5. The summed E-state index contributed by atoms with van der Waals surface area (Å²) in [7, 11) is -3.94. The van der Waals surface area contributed by atoms with Gasteiger partial charge in [-0.05, 0) is 41.6 Å². The summed E-state index contributed by atoms with van der Waals surface area (Å²) in [4.78, 5) is 15.2. The van der Waals surface area contributed by atoms with Crippen LogP contribution in [0.2, 0.25) is 0 Å². The molecule has 0 unspecified atom stereocenters. The van der Waals surface area contributed by atoms with E-state index in [1.807, 2.05) is 29.5 Å². The Labute approximate surface area is 123 Å². The van der Waals surface area contributed by atoms with Crippen molar-refractivity contribution in [1.29, 1.82) is 0 Å². The first-order valence-electron chi connectivity index (χ1n) is 5.19. The van der Waals surface area contributed by atoms with Gasteiger partial charge < -0.3 is 5.73 Å². The van der Waals surface area contributed by atoms with Crippen molar-refractivity contribution in [3.63, 3.8) is 0 Å². The van der Waals surface area contributed by atoms with Gasteiger partial charge in [0.1, 0.15) is 5.82 Å². The van der Waals surface area contributed by atoms with Gasteiger partial charge in [-0.15, -0.1) is 0 Å². The monoisotopic (exact) mass is 391 g/mol. The van der Waals surface area contributed by atoms with Gasteiger partial charge in [-0.3, -0.25) is 0 Å². The summed E-state index contributed by atoms with van der Waals surface area (Å²) in [5.74, 6) is 0.0148. The molecule has 6 nitrogen and oxygen atoms in total. The fourth-order valence-electron chi connectivity index (χ4n) is 1.43. The Morgan fingerprint density at radius 1 is 1.26 bits per heavy atom. The number of aromatic nitrogens is 2. The second-order valence-corrected chi connectivity index (χ2v) is 6.85. The van der Waals surface area contributed by atoms with Crippen LogP contribution in [-0.2, 0) is 10.0 Å². The number of nitrogens with zero attached hydrogens (tertiary/aromatic N) is 2. The van der Waals surface area contributed by atoms with Crippen molar-refractivity contribution in [2.45, 2.75) is 11.8 Å². The minimum atomic E-state index is -3.94. The van der Waals surface area contributed by atoms with Gasteiger partial charge in [0, 0.05) is 6.20 Å². The molecule has 0 atom stereocenters. The molecule has 0 fully saturated rings. The Morgan fingerprint density at radius 3 is 2.42 bits per heavy atom. The Morgan fingerprint density at radius 2 is 1.84 bits per heavy atom. The van der Waals surface area contributed by atoms with E-state index in [1.165, 1.54) is 18.3 Å². The summed E-state index contributed by atoms with van der Waals surface area (Å²) < 4.78 is 25.6. The summed E-state index contributed by atoms with van der Waals surface area (Å²) in [6.07, 6.45) is 1.17. The van der Waals surface area contributed by atoms with Gasteiger partial charge in [-0.2, -0.15) is 8.96 Å². The molecule has 0 aliphatic carbocycles. The molecule has 1 heterocycles. The lowest BCUT2D eigenvalue weighted by Crippen LogP contribution is -2.30. The van der Waals surface area contributed by atoms with Crippen LogP contribution in [0.3, 0.4) is 0 Å². The summed E-state index contributed by atoms with van der Waals surface area (Å²) >= 11 is 1.82. The zero-order valence-corrected chi connectivity index (χ0v) is 12.8. The van der Waals surface area contributed by atoms with E-state index < -0.39 is 15.7 Å². The number of nitrogens with two attached hydrogens (primary N) is 1. The van der Waals surface area contributed by atoms with Crippen LogP contribution >= 0.6 is 22.6 Å². The Balaban J connectivity index is 2.67. The van der Waals surface area contributed by atoms with Crippen molar-refractivity contribution >= 4 is 38.4 Å². The molecule has 100 valence electrons. The predicted molar refractivity (Wildman–Crippen MR) is 79.4 cm³/mol. The van der Waals surface area contributed by atoms with E-state index in [1.54, 1.807) is 12.1 Å². The van der Waals surface area contributed by atoms with Gasteiger partial charge >= 0.3 is 5.69 Å². The molecule has 0 saturated heterocycles. The molecule has 0 radical (unpaired) electrons. The summed E-state index contributed by atoms with van der Waals surface area (Å²) in [5.41, 5.74) is 5.47. The zero-order chi connectivity index (χ0) is 14.2. The largest absolute Gasteiger partial charge is 0.383 e. The maximum atomic E-state index is 12.3. The smallest absolute Gasteiger partial charge is 0.363 e. The van der Waals surface area contributed by atoms with E-state index in [9.17, 15) is 13.2 Å². The minimum Gasteiger partial charge on any atom is -0.383 e. The first kappa shape index (κ1) is 14.0. The number of halogens is 1. The summed E-state index contributed by atoms with van der Waals surface area (Å²) in [5, 5.41) is 0. The highest BCUT2D eigenvalue weighted by molar-refractivity contribution is 14.1. The molecule has 8 heteroatoms. The summed E-state index contributed by atoms with van der Waals surface area (Å²) in [6.45, 7) is 1.84. The topological polar surface area (TPSA) is 95.1 Å². The van der Waals surface area contributed by atoms with Crippen molar-refractivity contribution in [2.75, 3.05) is 5.73 Å². The van der Waals surface area contributed by atoms with Gasteiger partial charge in [0.15, 0.2) is 0 Å². The highest BCUT2D eigenvalue weighted by atomic mass is 127. The van der Waals surface area contributed by atoms with E-state index >= 15 is 0 Å². The second-order valence-electron chi connectivity index (χ2n) is 3.87. The number of aryl methyl sites for hydroxylation is 1. The fraction of sp³-hybridized carbons (Fsp3) is 0.0909. The van der Waals surface area contributed by atoms with Crippen molar-refractivity contribution in [3.05, 3.63) is 50.1 Å². The number of hydrogen-bond acceptors (Lipinski definition) is 5. The lowest BCUT2D eigenvalue weighted by atomic mass is 10.2. The Hall–Kier alpha value is -1.42. The third-order valence-corrected chi connectivity index (χ3v) is 4.94. The van der Waals surface area contributed by atoms with Crippen molar-refractivity contribution < 1.29 is 8.42 Å². The zero-order valence-electron chi connectivity index (χ0n) is 9.87. The quantitative estimate of drug-likeness (QED) is 0.771. The van der Waals surface area contributed by atoms with Crippen LogP contribution in [-0.4, -0.2) is 17.4 Å². The number of rotatable bonds is 2. The van der Waals surface area contributed by atoms with Gasteiger partial charge in [-0.1, -0.05) is 17.7 Å². The van der Waals surface area contributed by atoms with Crippen LogP contribution in [0, 0.1) is 10.5 Å². The molecular formula is C11H10IN3O3S. The molecular weight excluding hydrogens is 381 g/mol. The van der Waals surface area contributed by atoms with Gasteiger partial charge in [0.05, 0.1) is 8.47 Å².